The summed E-state index contributed by atoms with van der Waals surface area (Å²) < 4.78 is 1.89. The van der Waals surface area contributed by atoms with E-state index in [1.54, 1.807) is 4.90 Å². The summed E-state index contributed by atoms with van der Waals surface area (Å²) in [6, 6.07) is 1.94. The zero-order valence-corrected chi connectivity index (χ0v) is 16.7. The monoisotopic (exact) mass is 375 g/mol. The van der Waals surface area contributed by atoms with Gasteiger partial charge in [0.2, 0.25) is 11.8 Å². The molecule has 0 bridgehead atoms. The van der Waals surface area contributed by atoms with Gasteiger partial charge < -0.3 is 10.2 Å². The number of piperidine rings is 1. The Morgan fingerprint density at radius 2 is 2.15 bits per heavy atom. The zero-order valence-electron chi connectivity index (χ0n) is 16.7. The average Bonchev–Trinajstić information content (AvgIpc) is 3.01. The van der Waals surface area contributed by atoms with Crippen molar-refractivity contribution in [3.8, 4) is 0 Å². The van der Waals surface area contributed by atoms with Crippen LogP contribution in [-0.2, 0) is 16.1 Å². The number of nitrogens with zero attached hydrogens (tertiary/aromatic N) is 4. The van der Waals surface area contributed by atoms with Crippen molar-refractivity contribution in [2.24, 2.45) is 5.92 Å². The molecule has 0 spiro atoms. The first-order valence-corrected chi connectivity index (χ1v) is 10.4. The van der Waals surface area contributed by atoms with Crippen molar-refractivity contribution in [2.45, 2.75) is 58.9 Å². The van der Waals surface area contributed by atoms with Crippen LogP contribution in [0.1, 0.15) is 51.1 Å². The topological polar surface area (TPSA) is 70.5 Å². The van der Waals surface area contributed by atoms with Crippen molar-refractivity contribution in [1.82, 2.24) is 20.0 Å². The first-order chi connectivity index (χ1) is 13.0. The molecule has 7 heteroatoms. The number of aryl methyl sites for hydroxylation is 2. The van der Waals surface area contributed by atoms with Crippen LogP contribution in [0.15, 0.2) is 6.07 Å². The van der Waals surface area contributed by atoms with E-state index in [0.29, 0.717) is 32.4 Å². The van der Waals surface area contributed by atoms with Crippen LogP contribution in [0.4, 0.5) is 5.82 Å². The second-order valence-electron chi connectivity index (χ2n) is 8.02. The molecule has 1 aromatic heterocycles. The van der Waals surface area contributed by atoms with Gasteiger partial charge in [-0.2, -0.15) is 5.10 Å². The first-order valence-electron chi connectivity index (χ1n) is 10.4. The molecule has 0 aliphatic carbocycles. The maximum atomic E-state index is 12.2. The maximum absolute atomic E-state index is 12.2. The molecule has 1 fully saturated rings. The molecule has 0 radical (unpaired) electrons. The number of rotatable bonds is 8. The number of likely N-dealkylation sites (tertiary alicyclic amines) is 1. The Hall–Kier alpha value is -1.89. The minimum atomic E-state index is 0.0798. The van der Waals surface area contributed by atoms with Crippen molar-refractivity contribution < 1.29 is 9.59 Å². The fourth-order valence-electron chi connectivity index (χ4n) is 4.12. The SMILES string of the molecule is Cc1cc2n(n1)CCC(=O)N2CCCC(=O)NCCCN1CCC[C@@H](C)C1. The van der Waals surface area contributed by atoms with E-state index in [9.17, 15) is 9.59 Å². The molecule has 0 saturated carbocycles. The molecule has 2 aliphatic rings. The molecule has 1 N–H and O–H groups in total. The summed E-state index contributed by atoms with van der Waals surface area (Å²) in [5.41, 5.74) is 0.922. The van der Waals surface area contributed by atoms with Gasteiger partial charge in [-0.05, 0) is 51.6 Å². The van der Waals surface area contributed by atoms with Gasteiger partial charge in [-0.3, -0.25) is 14.5 Å². The van der Waals surface area contributed by atoms with Gasteiger partial charge >= 0.3 is 0 Å². The van der Waals surface area contributed by atoms with Gasteiger partial charge in [0.1, 0.15) is 5.82 Å². The van der Waals surface area contributed by atoms with Gasteiger partial charge in [0.25, 0.3) is 0 Å². The fourth-order valence-corrected chi connectivity index (χ4v) is 4.12. The van der Waals surface area contributed by atoms with Gasteiger partial charge in [-0.25, -0.2) is 4.68 Å². The molecule has 0 aromatic carbocycles. The van der Waals surface area contributed by atoms with Crippen LogP contribution in [0.2, 0.25) is 0 Å². The Bertz CT molecular complexity index is 657. The molecule has 1 aromatic rings. The number of amides is 2. The lowest BCUT2D eigenvalue weighted by Crippen LogP contribution is -2.38. The van der Waals surface area contributed by atoms with Gasteiger partial charge in [-0.15, -0.1) is 0 Å². The highest BCUT2D eigenvalue weighted by Crippen LogP contribution is 2.22. The second kappa shape index (κ2) is 9.35. The number of anilines is 1. The molecule has 150 valence electrons. The van der Waals surface area contributed by atoms with Crippen molar-refractivity contribution in [2.75, 3.05) is 37.6 Å². The predicted molar refractivity (Wildman–Crippen MR) is 106 cm³/mol. The molecule has 27 heavy (non-hydrogen) atoms. The highest BCUT2D eigenvalue weighted by molar-refractivity contribution is 5.93. The van der Waals surface area contributed by atoms with E-state index in [4.69, 9.17) is 0 Å². The van der Waals surface area contributed by atoms with Crippen LogP contribution in [0, 0.1) is 12.8 Å². The normalized spacial score (nSPS) is 20.6. The average molecular weight is 376 g/mol. The van der Waals surface area contributed by atoms with E-state index < -0.39 is 0 Å². The van der Waals surface area contributed by atoms with Crippen LogP contribution in [0.3, 0.4) is 0 Å². The van der Waals surface area contributed by atoms with Gasteiger partial charge in [0.05, 0.1) is 12.2 Å². The lowest BCUT2D eigenvalue weighted by Gasteiger charge is -2.30. The molecule has 3 rings (SSSR count). The quantitative estimate of drug-likeness (QED) is 0.705. The molecule has 1 atom stereocenters. The zero-order chi connectivity index (χ0) is 19.2. The van der Waals surface area contributed by atoms with Crippen molar-refractivity contribution in [1.29, 1.82) is 0 Å². The van der Waals surface area contributed by atoms with Crippen LogP contribution < -0.4 is 10.2 Å². The van der Waals surface area contributed by atoms with Crippen molar-refractivity contribution in [3.63, 3.8) is 0 Å². The van der Waals surface area contributed by atoms with Crippen molar-refractivity contribution in [3.05, 3.63) is 11.8 Å². The van der Waals surface area contributed by atoms with E-state index in [-0.39, 0.29) is 11.8 Å². The Balaban J connectivity index is 1.32. The second-order valence-corrected chi connectivity index (χ2v) is 8.02. The molecule has 2 aliphatic heterocycles. The highest BCUT2D eigenvalue weighted by Gasteiger charge is 2.25. The summed E-state index contributed by atoms with van der Waals surface area (Å²) >= 11 is 0. The van der Waals surface area contributed by atoms with E-state index in [2.05, 4.69) is 22.2 Å². The molecular formula is C20H33N5O2. The number of hydrogen-bond donors (Lipinski definition) is 1. The lowest BCUT2D eigenvalue weighted by molar-refractivity contribution is -0.122. The molecule has 0 unspecified atom stereocenters. The maximum Gasteiger partial charge on any atom is 0.229 e. The molecule has 7 nitrogen and oxygen atoms in total. The summed E-state index contributed by atoms with van der Waals surface area (Å²) in [6.45, 7) is 9.65. The van der Waals surface area contributed by atoms with E-state index >= 15 is 0 Å². The number of fused-ring (bicyclic) bond motifs is 1. The van der Waals surface area contributed by atoms with Gasteiger partial charge in [-0.1, -0.05) is 6.92 Å². The Labute approximate surface area is 162 Å². The smallest absolute Gasteiger partial charge is 0.229 e. The summed E-state index contributed by atoms with van der Waals surface area (Å²) in [7, 11) is 0. The number of hydrogen-bond acceptors (Lipinski definition) is 4. The summed E-state index contributed by atoms with van der Waals surface area (Å²) in [4.78, 5) is 28.6. The fraction of sp³-hybridized carbons (Fsp3) is 0.750. The minimum absolute atomic E-state index is 0.0798. The van der Waals surface area contributed by atoms with Crippen LogP contribution in [-0.4, -0.2) is 59.2 Å². The molecule has 2 amide bonds. The summed E-state index contributed by atoms with van der Waals surface area (Å²) in [5.74, 6) is 1.86. The lowest BCUT2D eigenvalue weighted by atomic mass is 10.0. The standard InChI is InChI=1S/C20H33N5O2/c1-16-6-3-10-23(15-16)11-5-9-21-18(26)7-4-12-24-19-14-17(2)22-25(19)13-8-20(24)27/h14,16H,3-13,15H2,1-2H3,(H,21,26)/t16-/m1/s1. The van der Waals surface area contributed by atoms with E-state index in [1.807, 2.05) is 17.7 Å². The number of aromatic nitrogens is 2. The molecular weight excluding hydrogens is 342 g/mol. The highest BCUT2D eigenvalue weighted by atomic mass is 16.2. The Morgan fingerprint density at radius 3 is 2.96 bits per heavy atom. The Kier molecular flexibility index (Phi) is 6.88. The first kappa shape index (κ1) is 19.9. The third kappa shape index (κ3) is 5.54. The van der Waals surface area contributed by atoms with Crippen molar-refractivity contribution >= 4 is 17.6 Å². The Morgan fingerprint density at radius 1 is 1.30 bits per heavy atom. The summed E-state index contributed by atoms with van der Waals surface area (Å²) in [5, 5.41) is 7.43. The summed E-state index contributed by atoms with van der Waals surface area (Å²) in [6.07, 6.45) is 5.24. The number of carbonyl (C=O) groups is 2. The predicted octanol–water partition coefficient (Wildman–Crippen LogP) is 1.95. The van der Waals surface area contributed by atoms with Crippen LogP contribution >= 0.6 is 0 Å². The largest absolute Gasteiger partial charge is 0.356 e. The van der Waals surface area contributed by atoms with Gasteiger partial charge in [0.15, 0.2) is 0 Å². The number of nitrogens with one attached hydrogen (secondary N) is 1. The molecule has 1 saturated heterocycles. The molecule has 3 heterocycles. The van der Waals surface area contributed by atoms with E-state index in [1.165, 1.54) is 25.9 Å². The van der Waals surface area contributed by atoms with E-state index in [0.717, 1.165) is 36.9 Å². The van der Waals surface area contributed by atoms with Crippen LogP contribution in [0.25, 0.3) is 0 Å². The number of carbonyl (C=O) groups excluding carboxylic acids is 2. The minimum Gasteiger partial charge on any atom is -0.356 e. The third-order valence-electron chi connectivity index (χ3n) is 5.50. The third-order valence-corrected chi connectivity index (χ3v) is 5.50. The van der Waals surface area contributed by atoms with Crippen LogP contribution in [0.5, 0.6) is 0 Å². The van der Waals surface area contributed by atoms with Gasteiger partial charge in [0, 0.05) is 38.5 Å².